The number of para-hydroxylation sites is 1. The summed E-state index contributed by atoms with van der Waals surface area (Å²) >= 11 is 0. The second-order valence-corrected chi connectivity index (χ2v) is 2.58. The molecule has 2 N–H and O–H groups in total. The van der Waals surface area contributed by atoms with Gasteiger partial charge in [-0.15, -0.1) is 0 Å². The summed E-state index contributed by atoms with van der Waals surface area (Å²) in [5.74, 6) is 0. The fourth-order valence-corrected chi connectivity index (χ4v) is 1.26. The molecular weight excluding hydrogens is 170 g/mol. The van der Waals surface area contributed by atoms with Gasteiger partial charge in [0.15, 0.2) is 0 Å². The largest absolute Gasteiger partial charge is 0.592 e. The maximum absolute atomic E-state index is 11.0. The minimum atomic E-state index is 0.166. The third-order valence-corrected chi connectivity index (χ3v) is 1.85. The molecule has 0 unspecified atom stereocenters. The van der Waals surface area contributed by atoms with Crippen LogP contribution in [0.4, 0.5) is 5.69 Å². The lowest BCUT2D eigenvalue weighted by atomic mass is 10.2. The standard InChI is InChI=1S/C8H7N3O2/c12-10-11(13)8-5-9-7-4-2-1-3-6(7)8/h1-5,9,12H. The summed E-state index contributed by atoms with van der Waals surface area (Å²) in [6.45, 7) is 0. The molecule has 66 valence electrons. The van der Waals surface area contributed by atoms with Crippen LogP contribution in [-0.4, -0.2) is 15.1 Å². The topological polar surface area (TPSA) is 74.4 Å². The average molecular weight is 177 g/mol. The molecule has 0 spiro atoms. The van der Waals surface area contributed by atoms with Crippen molar-refractivity contribution >= 4 is 16.6 Å². The van der Waals surface area contributed by atoms with Gasteiger partial charge in [0.05, 0.1) is 17.1 Å². The Kier molecular flexibility index (Phi) is 1.63. The first-order valence-electron chi connectivity index (χ1n) is 3.71. The van der Waals surface area contributed by atoms with Crippen LogP contribution in [-0.2, 0) is 0 Å². The number of rotatable bonds is 1. The first-order valence-corrected chi connectivity index (χ1v) is 3.71. The van der Waals surface area contributed by atoms with E-state index in [1.54, 1.807) is 6.07 Å². The molecule has 5 heteroatoms. The highest BCUT2D eigenvalue weighted by atomic mass is 16.6. The Morgan fingerprint density at radius 3 is 2.92 bits per heavy atom. The van der Waals surface area contributed by atoms with E-state index in [1.165, 1.54) is 6.20 Å². The number of hydrogen-bond acceptors (Lipinski definition) is 2. The van der Waals surface area contributed by atoms with Crippen molar-refractivity contribution in [1.82, 2.24) is 4.98 Å². The summed E-state index contributed by atoms with van der Waals surface area (Å²) in [4.78, 5) is 3.06. The number of nitrogens with one attached hydrogen (secondary N) is 1. The van der Waals surface area contributed by atoms with Crippen molar-refractivity contribution < 1.29 is 10.1 Å². The first kappa shape index (κ1) is 7.60. The second-order valence-electron chi connectivity index (χ2n) is 2.58. The van der Waals surface area contributed by atoms with Crippen molar-refractivity contribution in [3.63, 3.8) is 0 Å². The van der Waals surface area contributed by atoms with Gasteiger partial charge in [0.2, 0.25) is 5.28 Å². The molecule has 2 rings (SSSR count). The lowest BCUT2D eigenvalue weighted by Crippen LogP contribution is -1.88. The van der Waals surface area contributed by atoms with Crippen LogP contribution in [0.3, 0.4) is 0 Å². The molecule has 0 bridgehead atoms. The number of aromatic amines is 1. The first-order chi connectivity index (χ1) is 6.33. The third kappa shape index (κ3) is 1.10. The minimum Gasteiger partial charge on any atom is -0.592 e. The van der Waals surface area contributed by atoms with Gasteiger partial charge in [0.25, 0.3) is 5.69 Å². The van der Waals surface area contributed by atoms with E-state index in [9.17, 15) is 5.21 Å². The van der Waals surface area contributed by atoms with Gasteiger partial charge in [-0.3, -0.25) is 0 Å². The highest BCUT2D eigenvalue weighted by Gasteiger charge is 2.10. The molecular formula is C8H7N3O2. The van der Waals surface area contributed by atoms with Gasteiger partial charge >= 0.3 is 0 Å². The second kappa shape index (κ2) is 2.78. The molecule has 2 aromatic rings. The van der Waals surface area contributed by atoms with Gasteiger partial charge in [-0.25, -0.2) is 0 Å². The fraction of sp³-hybridized carbons (Fsp3) is 0. The maximum atomic E-state index is 11.0. The predicted molar refractivity (Wildman–Crippen MR) is 45.8 cm³/mol. The molecule has 1 aromatic heterocycles. The van der Waals surface area contributed by atoms with Crippen molar-refractivity contribution in [2.45, 2.75) is 0 Å². The van der Waals surface area contributed by atoms with Gasteiger partial charge in [-0.1, -0.05) is 12.1 Å². The van der Waals surface area contributed by atoms with E-state index in [0.717, 1.165) is 10.9 Å². The Morgan fingerprint density at radius 2 is 2.15 bits per heavy atom. The summed E-state index contributed by atoms with van der Waals surface area (Å²) in [6.07, 6.45) is 1.50. The monoisotopic (exact) mass is 177 g/mol. The Morgan fingerprint density at radius 1 is 1.38 bits per heavy atom. The van der Waals surface area contributed by atoms with Crippen molar-refractivity contribution in [1.29, 1.82) is 0 Å². The van der Waals surface area contributed by atoms with Crippen LogP contribution in [0.1, 0.15) is 0 Å². The highest BCUT2D eigenvalue weighted by Crippen LogP contribution is 2.24. The summed E-state index contributed by atoms with van der Waals surface area (Å²) in [7, 11) is 0. The summed E-state index contributed by atoms with van der Waals surface area (Å²) in [5, 5.41) is 22.5. The zero-order chi connectivity index (χ0) is 9.26. The number of hydrogen-bond donors (Lipinski definition) is 2. The van der Waals surface area contributed by atoms with E-state index in [0.29, 0.717) is 5.69 Å². The molecule has 13 heavy (non-hydrogen) atoms. The quantitative estimate of drug-likeness (QED) is 0.398. The van der Waals surface area contributed by atoms with E-state index in [2.05, 4.69) is 10.3 Å². The van der Waals surface area contributed by atoms with Gasteiger partial charge in [0.1, 0.15) is 0 Å². The van der Waals surface area contributed by atoms with Crippen LogP contribution in [0.2, 0.25) is 0 Å². The fourth-order valence-electron chi connectivity index (χ4n) is 1.26. The average Bonchev–Trinajstić information content (AvgIpc) is 2.60. The van der Waals surface area contributed by atoms with E-state index >= 15 is 0 Å². The predicted octanol–water partition coefficient (Wildman–Crippen LogP) is 2.15. The van der Waals surface area contributed by atoms with Gasteiger partial charge in [0, 0.05) is 0 Å². The number of H-pyrrole nitrogens is 1. The number of fused-ring (bicyclic) bond motifs is 1. The zero-order valence-electron chi connectivity index (χ0n) is 6.64. The van der Waals surface area contributed by atoms with Gasteiger partial charge in [-0.05, 0) is 17.0 Å². The molecule has 0 saturated carbocycles. The van der Waals surface area contributed by atoms with Crippen LogP contribution in [0.5, 0.6) is 0 Å². The van der Waals surface area contributed by atoms with Crippen molar-refractivity contribution in [2.75, 3.05) is 0 Å². The molecule has 0 atom stereocenters. The highest BCUT2D eigenvalue weighted by molar-refractivity contribution is 5.88. The minimum absolute atomic E-state index is 0.166. The lowest BCUT2D eigenvalue weighted by Gasteiger charge is -1.93. The van der Waals surface area contributed by atoms with Crippen LogP contribution >= 0.6 is 0 Å². The molecule has 0 aliphatic heterocycles. The number of benzene rings is 1. The SMILES string of the molecule is [O-][N+](=NO)c1c[nH]c2ccccc12. The molecule has 1 heterocycles. The molecule has 0 radical (unpaired) electrons. The number of nitrogens with zero attached hydrogens (tertiary/aromatic N) is 2. The molecule has 0 amide bonds. The van der Waals surface area contributed by atoms with Crippen LogP contribution < -0.4 is 0 Å². The zero-order valence-corrected chi connectivity index (χ0v) is 6.64. The van der Waals surface area contributed by atoms with Crippen LogP contribution in [0.25, 0.3) is 10.9 Å². The molecule has 0 aliphatic rings. The van der Waals surface area contributed by atoms with Crippen LogP contribution in [0.15, 0.2) is 35.7 Å². The molecule has 0 fully saturated rings. The molecule has 0 saturated heterocycles. The Bertz CT molecular complexity index is 461. The van der Waals surface area contributed by atoms with E-state index < -0.39 is 0 Å². The third-order valence-electron chi connectivity index (χ3n) is 1.85. The smallest absolute Gasteiger partial charge is 0.273 e. The Balaban J connectivity index is 2.71. The van der Waals surface area contributed by atoms with Crippen molar-refractivity contribution in [2.24, 2.45) is 5.28 Å². The molecule has 0 aliphatic carbocycles. The summed E-state index contributed by atoms with van der Waals surface area (Å²) < 4.78 is 0. The number of aromatic nitrogens is 1. The lowest BCUT2D eigenvalue weighted by molar-refractivity contribution is -0.472. The Labute approximate surface area is 73.5 Å². The summed E-state index contributed by atoms with van der Waals surface area (Å²) in [6, 6.07) is 7.28. The van der Waals surface area contributed by atoms with Gasteiger partial charge < -0.3 is 15.4 Å². The molecule has 5 nitrogen and oxygen atoms in total. The summed E-state index contributed by atoms with van der Waals surface area (Å²) in [5.41, 5.74) is 1.14. The van der Waals surface area contributed by atoms with E-state index in [1.807, 2.05) is 18.2 Å². The maximum Gasteiger partial charge on any atom is 0.273 e. The van der Waals surface area contributed by atoms with Crippen molar-refractivity contribution in [3.8, 4) is 0 Å². The van der Waals surface area contributed by atoms with E-state index in [4.69, 9.17) is 5.21 Å². The Hall–Kier alpha value is -2.04. The van der Waals surface area contributed by atoms with Gasteiger partial charge in [-0.2, -0.15) is 0 Å². The molecule has 1 aromatic carbocycles. The van der Waals surface area contributed by atoms with E-state index in [-0.39, 0.29) is 4.86 Å². The van der Waals surface area contributed by atoms with Crippen LogP contribution in [0, 0.1) is 5.21 Å². The van der Waals surface area contributed by atoms with Crippen molar-refractivity contribution in [3.05, 3.63) is 35.7 Å². The normalized spacial score (nSPS) is 12.2.